The van der Waals surface area contributed by atoms with Crippen LogP contribution in [0.15, 0.2) is 41.0 Å². The molecule has 3 aliphatic heterocycles. The van der Waals surface area contributed by atoms with Gasteiger partial charge in [0.15, 0.2) is 22.8 Å². The van der Waals surface area contributed by atoms with Crippen molar-refractivity contribution in [3.05, 3.63) is 57.7 Å². The van der Waals surface area contributed by atoms with E-state index in [2.05, 4.69) is 6.08 Å². The number of benzene rings is 1. The molecule has 4 bridgehead atoms. The van der Waals surface area contributed by atoms with Crippen LogP contribution < -0.4 is 9.47 Å². The number of fused-ring (bicyclic) bond motifs is 2. The second kappa shape index (κ2) is 10.9. The number of aromatic hydroxyl groups is 1. The molecular formula is C38H46O9. The molecule has 47 heavy (non-hydrogen) atoms. The van der Waals surface area contributed by atoms with Gasteiger partial charge in [0, 0.05) is 29.4 Å². The average Bonchev–Trinajstić information content (AvgIpc) is 3.10. The Kier molecular flexibility index (Phi) is 7.72. The minimum atomic E-state index is -1.74. The van der Waals surface area contributed by atoms with Crippen LogP contribution in [-0.2, 0) is 20.7 Å². The second-order valence-electron chi connectivity index (χ2n) is 15.2. The summed E-state index contributed by atoms with van der Waals surface area (Å²) in [7, 11) is 0. The Bertz CT molecular complexity index is 1700. The summed E-state index contributed by atoms with van der Waals surface area (Å²) in [6, 6.07) is 0. The Balaban J connectivity index is 1.60. The molecule has 9 nitrogen and oxygen atoms in total. The summed E-state index contributed by atoms with van der Waals surface area (Å²) in [4.78, 5) is 41.1. The highest BCUT2D eigenvalue weighted by molar-refractivity contribution is 6.10. The molecule has 6 aliphatic rings. The summed E-state index contributed by atoms with van der Waals surface area (Å²) >= 11 is 0. The number of aliphatic hydroxyl groups excluding tert-OH is 1. The van der Waals surface area contributed by atoms with Gasteiger partial charge in [0.2, 0.25) is 0 Å². The molecule has 7 atom stereocenters. The van der Waals surface area contributed by atoms with Crippen molar-refractivity contribution in [1.29, 1.82) is 0 Å². The predicted octanol–water partition coefficient (Wildman–Crippen LogP) is 6.29. The highest BCUT2D eigenvalue weighted by Crippen LogP contribution is 2.70. The number of aliphatic carboxylic acids is 1. The van der Waals surface area contributed by atoms with Gasteiger partial charge in [-0.2, -0.15) is 0 Å². The third-order valence-corrected chi connectivity index (χ3v) is 11.1. The van der Waals surface area contributed by atoms with Crippen molar-refractivity contribution in [2.24, 2.45) is 17.8 Å². The van der Waals surface area contributed by atoms with Crippen LogP contribution in [0.1, 0.15) is 103 Å². The van der Waals surface area contributed by atoms with Crippen molar-refractivity contribution in [3.8, 4) is 17.2 Å². The summed E-state index contributed by atoms with van der Waals surface area (Å²) in [6.45, 7) is 15.1. The number of carbonyl (C=O) groups is 3. The number of hydrogen-bond donors (Lipinski definition) is 3. The summed E-state index contributed by atoms with van der Waals surface area (Å²) in [5.41, 5.74) is -1.91. The van der Waals surface area contributed by atoms with Gasteiger partial charge >= 0.3 is 5.97 Å². The van der Waals surface area contributed by atoms with Gasteiger partial charge in [0.1, 0.15) is 28.4 Å². The van der Waals surface area contributed by atoms with E-state index in [1.54, 1.807) is 6.08 Å². The Labute approximate surface area is 276 Å². The SMILES string of the molecule is CC(C)=CCCC1(C)C=Cc2c(O)c3c(c(CC=C(C)C)c2O1)O[C@]12C(C3=O)C(O)[C@@H]3C[C@H]1C(C)(C)O[C@@]2(C/C=C(/C)C(=O)O)C3=O. The summed E-state index contributed by atoms with van der Waals surface area (Å²) < 4.78 is 20.5. The molecule has 0 amide bonds. The fraction of sp³-hybridized carbons (Fsp3) is 0.553. The first-order valence-electron chi connectivity index (χ1n) is 16.5. The number of carboxylic acid groups (broad SMARTS) is 1. The van der Waals surface area contributed by atoms with Gasteiger partial charge in [-0.3, -0.25) is 9.59 Å². The summed E-state index contributed by atoms with van der Waals surface area (Å²) in [6.07, 6.45) is 9.79. The average molecular weight is 647 g/mol. The monoisotopic (exact) mass is 646 g/mol. The number of allylic oxidation sites excluding steroid dienone is 4. The maximum atomic E-state index is 14.8. The first kappa shape index (κ1) is 33.2. The van der Waals surface area contributed by atoms with E-state index in [9.17, 15) is 29.7 Å². The minimum absolute atomic E-state index is 0.0260. The molecule has 1 saturated heterocycles. The number of hydrogen-bond acceptors (Lipinski definition) is 8. The molecule has 4 fully saturated rings. The molecule has 1 aromatic rings. The smallest absolute Gasteiger partial charge is 0.330 e. The first-order valence-corrected chi connectivity index (χ1v) is 16.5. The van der Waals surface area contributed by atoms with Crippen LogP contribution in [0.25, 0.3) is 6.08 Å². The molecule has 252 valence electrons. The van der Waals surface area contributed by atoms with Gasteiger partial charge in [-0.15, -0.1) is 0 Å². The molecule has 1 spiro atoms. The Morgan fingerprint density at radius 3 is 2.32 bits per heavy atom. The second-order valence-corrected chi connectivity index (χ2v) is 15.2. The number of phenols is 1. The van der Waals surface area contributed by atoms with E-state index >= 15 is 0 Å². The highest BCUT2D eigenvalue weighted by Gasteiger charge is 2.85. The van der Waals surface area contributed by atoms with Gasteiger partial charge in [-0.25, -0.2) is 4.79 Å². The van der Waals surface area contributed by atoms with Gasteiger partial charge in [0.25, 0.3) is 0 Å². The lowest BCUT2D eigenvalue weighted by atomic mass is 9.45. The van der Waals surface area contributed by atoms with E-state index < -0.39 is 63.8 Å². The van der Waals surface area contributed by atoms with E-state index in [1.165, 1.54) is 18.6 Å². The molecule has 3 heterocycles. The molecule has 7 rings (SSSR count). The summed E-state index contributed by atoms with van der Waals surface area (Å²) in [5.74, 6) is -4.44. The zero-order valence-corrected chi connectivity index (χ0v) is 28.5. The maximum Gasteiger partial charge on any atom is 0.330 e. The molecule has 3 N–H and O–H groups in total. The Morgan fingerprint density at radius 2 is 1.68 bits per heavy atom. The topological polar surface area (TPSA) is 140 Å². The van der Waals surface area contributed by atoms with E-state index in [1.807, 2.05) is 60.6 Å². The van der Waals surface area contributed by atoms with Gasteiger partial charge < -0.3 is 29.5 Å². The lowest BCUT2D eigenvalue weighted by Crippen LogP contribution is -2.80. The normalized spacial score (nSPS) is 34.1. The van der Waals surface area contributed by atoms with Gasteiger partial charge in [0.05, 0.1) is 23.2 Å². The van der Waals surface area contributed by atoms with Crippen molar-refractivity contribution >= 4 is 23.6 Å². The van der Waals surface area contributed by atoms with Gasteiger partial charge in [-0.05, 0) is 93.2 Å². The molecule has 0 aromatic heterocycles. The largest absolute Gasteiger partial charge is 0.506 e. The number of rotatable bonds is 8. The summed E-state index contributed by atoms with van der Waals surface area (Å²) in [5, 5.41) is 33.2. The Morgan fingerprint density at radius 1 is 1.00 bits per heavy atom. The van der Waals surface area contributed by atoms with Crippen LogP contribution >= 0.6 is 0 Å². The predicted molar refractivity (Wildman–Crippen MR) is 176 cm³/mol. The number of phenolic OH excluding ortho intramolecular Hbond substituents is 1. The van der Waals surface area contributed by atoms with E-state index in [0.717, 1.165) is 12.0 Å². The number of Topliss-reactive ketones (excluding diaryl/α,β-unsaturated/α-hetero) is 2. The molecule has 1 aromatic carbocycles. The zero-order chi connectivity index (χ0) is 34.4. The standard InChI is InChI=1S/C38H46O9/c1-19(2)10-9-15-36(8)16-14-22-28(39)26-30(41)27-29(40)24-18-25-35(6,7)47-37(33(24)42,17-13-21(5)34(43)44)38(25,27)46-32(26)23(31(22)45-36)12-11-20(3)4/h10-11,13-14,16,24-25,27,29,39-40H,9,12,15,17-18H2,1-8H3,(H,43,44)/b21-13-/t24-,25-,27?,29?,36?,37-,38-/m0/s1. The highest BCUT2D eigenvalue weighted by atomic mass is 16.6. The third kappa shape index (κ3) is 4.67. The quantitative estimate of drug-likeness (QED) is 0.220. The van der Waals surface area contributed by atoms with Crippen LogP contribution in [-0.4, -0.2) is 61.4 Å². The van der Waals surface area contributed by atoms with E-state index in [-0.39, 0.29) is 35.5 Å². The van der Waals surface area contributed by atoms with Crippen LogP contribution in [0.4, 0.5) is 0 Å². The van der Waals surface area contributed by atoms with Crippen LogP contribution in [0.2, 0.25) is 0 Å². The number of carboxylic acids is 1. The molecule has 3 unspecified atom stereocenters. The van der Waals surface area contributed by atoms with Crippen molar-refractivity contribution < 1.29 is 43.9 Å². The van der Waals surface area contributed by atoms with Crippen molar-refractivity contribution in [2.45, 2.75) is 116 Å². The fourth-order valence-corrected chi connectivity index (χ4v) is 8.76. The number of ketones is 2. The molecule has 3 saturated carbocycles. The first-order chi connectivity index (χ1) is 21.9. The van der Waals surface area contributed by atoms with E-state index in [4.69, 9.17) is 14.2 Å². The van der Waals surface area contributed by atoms with Gasteiger partial charge in [-0.1, -0.05) is 29.4 Å². The lowest BCUT2D eigenvalue weighted by molar-refractivity contribution is -0.220. The Hall–Kier alpha value is -3.69. The third-order valence-electron chi connectivity index (χ3n) is 11.1. The molecular weight excluding hydrogens is 600 g/mol. The fourth-order valence-electron chi connectivity index (χ4n) is 8.76. The van der Waals surface area contributed by atoms with Crippen molar-refractivity contribution in [3.63, 3.8) is 0 Å². The number of ether oxygens (including phenoxy) is 3. The molecule has 0 radical (unpaired) electrons. The van der Waals surface area contributed by atoms with Crippen LogP contribution in [0.5, 0.6) is 17.2 Å². The van der Waals surface area contributed by atoms with Crippen LogP contribution in [0, 0.1) is 17.8 Å². The zero-order valence-electron chi connectivity index (χ0n) is 28.5. The van der Waals surface area contributed by atoms with Crippen LogP contribution in [0.3, 0.4) is 0 Å². The number of aliphatic hydroxyl groups is 1. The minimum Gasteiger partial charge on any atom is -0.506 e. The molecule has 3 aliphatic carbocycles. The maximum absolute atomic E-state index is 14.8. The van der Waals surface area contributed by atoms with Crippen molar-refractivity contribution in [1.82, 2.24) is 0 Å². The van der Waals surface area contributed by atoms with Crippen molar-refractivity contribution in [2.75, 3.05) is 0 Å². The lowest BCUT2D eigenvalue weighted by Gasteiger charge is -2.62. The molecule has 9 heteroatoms. The van der Waals surface area contributed by atoms with E-state index in [0.29, 0.717) is 29.7 Å². The number of carbonyl (C=O) groups excluding carboxylic acids is 2.